The highest BCUT2D eigenvalue weighted by atomic mass is 16.2. The molecule has 2 aliphatic rings. The van der Waals surface area contributed by atoms with E-state index in [0.29, 0.717) is 6.54 Å². The quantitative estimate of drug-likeness (QED) is 0.748. The zero-order chi connectivity index (χ0) is 12.1. The molecule has 0 unspecified atom stereocenters. The van der Waals surface area contributed by atoms with Crippen LogP contribution in [0.5, 0.6) is 0 Å². The van der Waals surface area contributed by atoms with Crippen molar-refractivity contribution in [1.29, 1.82) is 0 Å². The lowest BCUT2D eigenvalue weighted by Crippen LogP contribution is -2.43. The van der Waals surface area contributed by atoms with Crippen LogP contribution >= 0.6 is 0 Å². The minimum Gasteiger partial charge on any atom is -0.329 e. The van der Waals surface area contributed by atoms with Crippen LogP contribution in [0.2, 0.25) is 0 Å². The van der Waals surface area contributed by atoms with Crippen molar-refractivity contribution in [1.82, 2.24) is 14.7 Å². The number of likely N-dealkylation sites (tertiary alicyclic amines) is 1. The number of nitrogens with zero attached hydrogens (tertiary/aromatic N) is 3. The average molecular weight is 240 g/mol. The van der Waals surface area contributed by atoms with E-state index < -0.39 is 0 Å². The van der Waals surface area contributed by atoms with Gasteiger partial charge in [-0.15, -0.1) is 0 Å². The van der Waals surface area contributed by atoms with Crippen molar-refractivity contribution in [3.63, 3.8) is 0 Å². The van der Waals surface area contributed by atoms with Crippen LogP contribution in [0, 0.1) is 0 Å². The van der Waals surface area contributed by atoms with E-state index in [-0.39, 0.29) is 6.03 Å². The van der Waals surface area contributed by atoms with Crippen molar-refractivity contribution >= 4 is 6.03 Å². The van der Waals surface area contributed by atoms with Crippen LogP contribution in [0.3, 0.4) is 0 Å². The maximum atomic E-state index is 12.2. The number of amides is 2. The molecule has 2 aliphatic heterocycles. The fourth-order valence-electron chi connectivity index (χ4n) is 2.68. The van der Waals surface area contributed by atoms with E-state index in [2.05, 4.69) is 4.90 Å². The van der Waals surface area contributed by atoms with E-state index in [1.165, 1.54) is 12.8 Å². The molecule has 0 spiro atoms. The Kier molecular flexibility index (Phi) is 4.62. The lowest BCUT2D eigenvalue weighted by molar-refractivity contribution is 0.163. The minimum atomic E-state index is 0.247. The lowest BCUT2D eigenvalue weighted by Gasteiger charge is -2.26. The monoisotopic (exact) mass is 240 g/mol. The first-order valence-electron chi connectivity index (χ1n) is 6.77. The standard InChI is InChI=1S/C12H24N4O/c13-4-9-14-5-3-8-16(11-10-14)12(17)15-6-1-2-7-15/h1-11,13H2. The van der Waals surface area contributed by atoms with Gasteiger partial charge in [0.05, 0.1) is 0 Å². The molecule has 0 aromatic carbocycles. The summed E-state index contributed by atoms with van der Waals surface area (Å²) in [5.74, 6) is 0. The molecule has 0 aromatic rings. The van der Waals surface area contributed by atoms with Gasteiger partial charge < -0.3 is 20.4 Å². The number of carbonyl (C=O) groups excluding carboxylic acids is 1. The Morgan fingerprint density at radius 2 is 1.53 bits per heavy atom. The maximum Gasteiger partial charge on any atom is 0.320 e. The summed E-state index contributed by atoms with van der Waals surface area (Å²) in [5.41, 5.74) is 5.57. The Labute approximate surface area is 104 Å². The van der Waals surface area contributed by atoms with Gasteiger partial charge in [0.15, 0.2) is 0 Å². The molecular formula is C12H24N4O. The molecule has 2 N–H and O–H groups in total. The molecule has 5 nitrogen and oxygen atoms in total. The van der Waals surface area contributed by atoms with Crippen molar-refractivity contribution in [3.05, 3.63) is 0 Å². The Balaban J connectivity index is 1.83. The number of nitrogens with two attached hydrogens (primary N) is 1. The van der Waals surface area contributed by atoms with Crippen molar-refractivity contribution < 1.29 is 4.79 Å². The summed E-state index contributed by atoms with van der Waals surface area (Å²) in [6, 6.07) is 0.247. The summed E-state index contributed by atoms with van der Waals surface area (Å²) in [6.45, 7) is 7.35. The summed E-state index contributed by atoms with van der Waals surface area (Å²) in [5, 5.41) is 0. The molecule has 0 aromatic heterocycles. The fraction of sp³-hybridized carbons (Fsp3) is 0.917. The third-order valence-corrected chi connectivity index (χ3v) is 3.68. The molecular weight excluding hydrogens is 216 g/mol. The second-order valence-electron chi connectivity index (χ2n) is 4.95. The normalized spacial score (nSPS) is 22.9. The van der Waals surface area contributed by atoms with Crippen LogP contribution in [0.15, 0.2) is 0 Å². The second-order valence-corrected chi connectivity index (χ2v) is 4.95. The fourth-order valence-corrected chi connectivity index (χ4v) is 2.68. The predicted molar refractivity (Wildman–Crippen MR) is 67.9 cm³/mol. The number of hydrogen-bond acceptors (Lipinski definition) is 3. The van der Waals surface area contributed by atoms with Crippen molar-refractivity contribution in [2.75, 3.05) is 52.4 Å². The molecule has 2 fully saturated rings. The number of rotatable bonds is 2. The summed E-state index contributed by atoms with van der Waals surface area (Å²) < 4.78 is 0. The Morgan fingerprint density at radius 1 is 0.882 bits per heavy atom. The molecule has 17 heavy (non-hydrogen) atoms. The Hall–Kier alpha value is -0.810. The van der Waals surface area contributed by atoms with E-state index in [9.17, 15) is 4.79 Å². The Bertz CT molecular complexity index is 253. The van der Waals surface area contributed by atoms with Gasteiger partial charge in [0.25, 0.3) is 0 Å². The number of carbonyl (C=O) groups is 1. The molecule has 0 aliphatic carbocycles. The van der Waals surface area contributed by atoms with Gasteiger partial charge >= 0.3 is 6.03 Å². The molecule has 2 saturated heterocycles. The summed E-state index contributed by atoms with van der Waals surface area (Å²) in [4.78, 5) is 18.6. The average Bonchev–Trinajstić information content (AvgIpc) is 2.76. The van der Waals surface area contributed by atoms with Gasteiger partial charge in [-0.2, -0.15) is 0 Å². The third kappa shape index (κ3) is 3.33. The molecule has 0 atom stereocenters. The highest BCUT2D eigenvalue weighted by Gasteiger charge is 2.25. The minimum absolute atomic E-state index is 0.247. The predicted octanol–water partition coefficient (Wildman–Crippen LogP) is 0.169. The molecule has 0 bridgehead atoms. The molecule has 2 heterocycles. The van der Waals surface area contributed by atoms with Crippen LogP contribution in [-0.4, -0.2) is 73.1 Å². The Morgan fingerprint density at radius 3 is 2.24 bits per heavy atom. The first-order valence-corrected chi connectivity index (χ1v) is 6.77. The van der Waals surface area contributed by atoms with Gasteiger partial charge in [-0.3, -0.25) is 0 Å². The molecule has 5 heteroatoms. The van der Waals surface area contributed by atoms with E-state index in [1.54, 1.807) is 0 Å². The zero-order valence-corrected chi connectivity index (χ0v) is 10.6. The van der Waals surface area contributed by atoms with E-state index in [1.807, 2.05) is 9.80 Å². The van der Waals surface area contributed by atoms with Crippen molar-refractivity contribution in [2.45, 2.75) is 19.3 Å². The van der Waals surface area contributed by atoms with Gasteiger partial charge in [0.2, 0.25) is 0 Å². The number of hydrogen-bond donors (Lipinski definition) is 1. The highest BCUT2D eigenvalue weighted by molar-refractivity contribution is 5.74. The van der Waals surface area contributed by atoms with Crippen molar-refractivity contribution in [2.24, 2.45) is 5.73 Å². The van der Waals surface area contributed by atoms with Crippen LogP contribution in [-0.2, 0) is 0 Å². The summed E-state index contributed by atoms with van der Waals surface area (Å²) in [7, 11) is 0. The molecule has 2 amide bonds. The zero-order valence-electron chi connectivity index (χ0n) is 10.6. The van der Waals surface area contributed by atoms with Gasteiger partial charge in [-0.25, -0.2) is 4.79 Å². The van der Waals surface area contributed by atoms with Crippen LogP contribution < -0.4 is 5.73 Å². The highest BCUT2D eigenvalue weighted by Crippen LogP contribution is 2.12. The first kappa shape index (κ1) is 12.6. The molecule has 98 valence electrons. The van der Waals surface area contributed by atoms with Gasteiger partial charge in [0.1, 0.15) is 0 Å². The maximum absolute atomic E-state index is 12.2. The van der Waals surface area contributed by atoms with Crippen LogP contribution in [0.25, 0.3) is 0 Å². The van der Waals surface area contributed by atoms with Crippen LogP contribution in [0.4, 0.5) is 4.79 Å². The van der Waals surface area contributed by atoms with Crippen LogP contribution in [0.1, 0.15) is 19.3 Å². The second kappa shape index (κ2) is 6.21. The van der Waals surface area contributed by atoms with Gasteiger partial charge in [-0.1, -0.05) is 0 Å². The van der Waals surface area contributed by atoms with E-state index >= 15 is 0 Å². The molecule has 0 radical (unpaired) electrons. The first-order chi connectivity index (χ1) is 8.31. The summed E-state index contributed by atoms with van der Waals surface area (Å²) >= 11 is 0. The SMILES string of the molecule is NCCN1CCCN(C(=O)N2CCCC2)CC1. The number of urea groups is 1. The summed E-state index contributed by atoms with van der Waals surface area (Å²) in [6.07, 6.45) is 3.40. The lowest BCUT2D eigenvalue weighted by atomic mass is 10.4. The third-order valence-electron chi connectivity index (χ3n) is 3.68. The molecule has 0 saturated carbocycles. The topological polar surface area (TPSA) is 52.8 Å². The van der Waals surface area contributed by atoms with Gasteiger partial charge in [0, 0.05) is 45.8 Å². The van der Waals surface area contributed by atoms with Crippen molar-refractivity contribution in [3.8, 4) is 0 Å². The largest absolute Gasteiger partial charge is 0.329 e. The van der Waals surface area contributed by atoms with E-state index in [0.717, 1.165) is 52.2 Å². The molecule has 2 rings (SSSR count). The smallest absolute Gasteiger partial charge is 0.320 e. The van der Waals surface area contributed by atoms with E-state index in [4.69, 9.17) is 5.73 Å². The van der Waals surface area contributed by atoms with Gasteiger partial charge in [-0.05, 0) is 25.8 Å².